The van der Waals surface area contributed by atoms with Crippen molar-refractivity contribution >= 4 is 0 Å². The molecule has 10 rings (SSSR count). The molecule has 0 bridgehead atoms. The van der Waals surface area contributed by atoms with Crippen molar-refractivity contribution < 1.29 is 18.9 Å². The molecule has 0 aliphatic heterocycles. The highest BCUT2D eigenvalue weighted by atomic mass is 16.5. The molecule has 336 valence electrons. The third-order valence-electron chi connectivity index (χ3n) is 14.8. The first kappa shape index (κ1) is 43.4. The van der Waals surface area contributed by atoms with Gasteiger partial charge in [0.1, 0.15) is 23.0 Å². The summed E-state index contributed by atoms with van der Waals surface area (Å²) in [5.41, 5.74) is 10.7. The Morgan fingerprint density at radius 3 is 1.02 bits per heavy atom. The molecule has 6 aromatic rings. The lowest BCUT2D eigenvalue weighted by molar-refractivity contribution is 0.151. The summed E-state index contributed by atoms with van der Waals surface area (Å²) in [4.78, 5) is 0. The maximum Gasteiger partial charge on any atom is 0.123 e. The van der Waals surface area contributed by atoms with Gasteiger partial charge in [-0.1, -0.05) is 117 Å². The van der Waals surface area contributed by atoms with E-state index >= 15 is 0 Å². The summed E-state index contributed by atoms with van der Waals surface area (Å²) in [6, 6.07) is 51.5. The number of ether oxygens (including phenoxy) is 4. The van der Waals surface area contributed by atoms with Crippen LogP contribution < -0.4 is 18.9 Å². The van der Waals surface area contributed by atoms with Crippen molar-refractivity contribution in [3.63, 3.8) is 0 Å². The Hall–Kier alpha value is -5.48. The van der Waals surface area contributed by atoms with Crippen molar-refractivity contribution in [2.45, 2.75) is 159 Å². The lowest BCUT2D eigenvalue weighted by atomic mass is 9.81. The monoisotopic (exact) mass is 865 g/mol. The highest BCUT2D eigenvalue weighted by molar-refractivity contribution is 5.72. The third-order valence-corrected chi connectivity index (χ3v) is 14.8. The maximum absolute atomic E-state index is 7.20. The molecule has 4 nitrogen and oxygen atoms in total. The van der Waals surface area contributed by atoms with E-state index in [0.29, 0.717) is 12.2 Å². The van der Waals surface area contributed by atoms with Crippen LogP contribution in [0.2, 0.25) is 0 Å². The Morgan fingerprint density at radius 2 is 0.615 bits per heavy atom. The van der Waals surface area contributed by atoms with Gasteiger partial charge < -0.3 is 18.9 Å². The van der Waals surface area contributed by atoms with Crippen LogP contribution in [0.25, 0.3) is 33.4 Å². The van der Waals surface area contributed by atoms with E-state index < -0.39 is 0 Å². The highest BCUT2D eigenvalue weighted by Crippen LogP contribution is 2.46. The minimum absolute atomic E-state index is 0.167. The summed E-state index contributed by atoms with van der Waals surface area (Å²) >= 11 is 0. The van der Waals surface area contributed by atoms with Crippen LogP contribution in [-0.2, 0) is 0 Å². The Kier molecular flexibility index (Phi) is 14.2. The standard InChI is InChI=1S/C61H68O4/c1-6-16-44(17-7-1)45-26-28-48(29-27-45)61(57-42-49(34-40-59(57)64-53-22-12-4-13-23-53)46-30-36-55(37-31-46)62-51-18-8-2-9-19-51)58-43-50(35-41-60(58)65-54-24-14-5-15-25-54)47-32-38-56(39-33-47)63-52-20-10-3-11-21-52/h1,6-7,16-17,26-43,51-54,61H,2-5,8-15,18-25H2. The normalized spacial score (nSPS) is 18.0. The van der Waals surface area contributed by atoms with E-state index in [1.807, 2.05) is 0 Å². The van der Waals surface area contributed by atoms with E-state index in [1.54, 1.807) is 0 Å². The fourth-order valence-corrected chi connectivity index (χ4v) is 11.1. The summed E-state index contributed by atoms with van der Waals surface area (Å²) in [5, 5.41) is 0. The molecule has 4 saturated carbocycles. The van der Waals surface area contributed by atoms with E-state index in [9.17, 15) is 0 Å². The first-order chi connectivity index (χ1) is 32.2. The summed E-state index contributed by atoms with van der Waals surface area (Å²) in [6.45, 7) is 0. The minimum Gasteiger partial charge on any atom is -0.490 e. The van der Waals surface area contributed by atoms with Gasteiger partial charge in [0.05, 0.1) is 24.4 Å². The van der Waals surface area contributed by atoms with Crippen molar-refractivity contribution in [2.75, 3.05) is 0 Å². The van der Waals surface area contributed by atoms with Crippen molar-refractivity contribution in [3.05, 3.63) is 156 Å². The lowest BCUT2D eigenvalue weighted by Crippen LogP contribution is -2.22. The molecular weight excluding hydrogens is 797 g/mol. The van der Waals surface area contributed by atoms with Crippen LogP contribution >= 0.6 is 0 Å². The predicted molar refractivity (Wildman–Crippen MR) is 267 cm³/mol. The Morgan fingerprint density at radius 1 is 0.292 bits per heavy atom. The van der Waals surface area contributed by atoms with Crippen LogP contribution in [0.5, 0.6) is 23.0 Å². The van der Waals surface area contributed by atoms with E-state index in [1.165, 1.54) is 127 Å². The van der Waals surface area contributed by atoms with E-state index in [0.717, 1.165) is 74.4 Å². The first-order valence-corrected chi connectivity index (χ1v) is 25.5. The van der Waals surface area contributed by atoms with Crippen LogP contribution in [0.15, 0.2) is 140 Å². The van der Waals surface area contributed by atoms with Crippen molar-refractivity contribution in [3.8, 4) is 56.4 Å². The minimum atomic E-state index is -0.167. The SMILES string of the molecule is c1ccc(-c2ccc(C(c3cc(-c4ccc(OC5CCCCC5)cc4)ccc3OC3CCCCC3)c3cc(-c4ccc(OC5CCCCC5)cc4)ccc3OC3CCCCC3)cc2)cc1. The van der Waals surface area contributed by atoms with Gasteiger partial charge in [-0.05, 0) is 190 Å². The second kappa shape index (κ2) is 21.2. The Balaban J connectivity index is 1.09. The fraction of sp³-hybridized carbons (Fsp3) is 0.410. The van der Waals surface area contributed by atoms with Crippen LogP contribution in [0.4, 0.5) is 0 Å². The van der Waals surface area contributed by atoms with E-state index in [4.69, 9.17) is 18.9 Å². The average molecular weight is 865 g/mol. The molecule has 0 radical (unpaired) electrons. The molecule has 0 amide bonds. The Bertz CT molecular complexity index is 2270. The van der Waals surface area contributed by atoms with Crippen molar-refractivity contribution in [1.29, 1.82) is 0 Å². The molecule has 6 aromatic carbocycles. The van der Waals surface area contributed by atoms with Crippen LogP contribution in [0.3, 0.4) is 0 Å². The average Bonchev–Trinajstić information content (AvgIpc) is 3.37. The fourth-order valence-electron chi connectivity index (χ4n) is 11.1. The number of benzene rings is 6. The number of hydrogen-bond donors (Lipinski definition) is 0. The van der Waals surface area contributed by atoms with Gasteiger partial charge in [0, 0.05) is 17.0 Å². The second-order valence-electron chi connectivity index (χ2n) is 19.5. The van der Waals surface area contributed by atoms with Crippen molar-refractivity contribution in [2.24, 2.45) is 0 Å². The molecule has 65 heavy (non-hydrogen) atoms. The Labute approximate surface area is 388 Å². The zero-order chi connectivity index (χ0) is 43.6. The van der Waals surface area contributed by atoms with Gasteiger partial charge in [0.2, 0.25) is 0 Å². The van der Waals surface area contributed by atoms with Crippen LogP contribution in [0.1, 0.15) is 151 Å². The van der Waals surface area contributed by atoms with Gasteiger partial charge in [-0.2, -0.15) is 0 Å². The summed E-state index contributed by atoms with van der Waals surface area (Å²) < 4.78 is 27.4. The van der Waals surface area contributed by atoms with Crippen molar-refractivity contribution in [1.82, 2.24) is 0 Å². The molecule has 4 aliphatic carbocycles. The van der Waals surface area contributed by atoms with Gasteiger partial charge >= 0.3 is 0 Å². The molecule has 4 aliphatic rings. The first-order valence-electron chi connectivity index (χ1n) is 25.5. The number of hydrogen-bond acceptors (Lipinski definition) is 4. The van der Waals surface area contributed by atoms with E-state index in [2.05, 4.69) is 140 Å². The molecule has 0 heterocycles. The number of rotatable bonds is 14. The van der Waals surface area contributed by atoms with Gasteiger partial charge in [-0.25, -0.2) is 0 Å². The summed E-state index contributed by atoms with van der Waals surface area (Å²) in [5.74, 6) is 3.69. The third kappa shape index (κ3) is 11.0. The highest BCUT2D eigenvalue weighted by Gasteiger charge is 2.29. The van der Waals surface area contributed by atoms with Gasteiger partial charge in [0.25, 0.3) is 0 Å². The van der Waals surface area contributed by atoms with Gasteiger partial charge in [-0.15, -0.1) is 0 Å². The van der Waals surface area contributed by atoms with Gasteiger partial charge in [0.15, 0.2) is 0 Å². The molecule has 0 atom stereocenters. The zero-order valence-corrected chi connectivity index (χ0v) is 38.4. The molecule has 0 saturated heterocycles. The zero-order valence-electron chi connectivity index (χ0n) is 38.4. The quantitative estimate of drug-likeness (QED) is 0.102. The molecular formula is C61H68O4. The molecule has 0 aromatic heterocycles. The molecule has 4 fully saturated rings. The van der Waals surface area contributed by atoms with Crippen LogP contribution in [0, 0.1) is 0 Å². The molecule has 4 heteroatoms. The maximum atomic E-state index is 7.20. The predicted octanol–water partition coefficient (Wildman–Crippen LogP) is 16.7. The lowest BCUT2D eigenvalue weighted by Gasteiger charge is -2.30. The van der Waals surface area contributed by atoms with Gasteiger partial charge in [-0.3, -0.25) is 0 Å². The molecule has 0 unspecified atom stereocenters. The summed E-state index contributed by atoms with van der Waals surface area (Å²) in [6.07, 6.45) is 25.1. The molecule has 0 spiro atoms. The largest absolute Gasteiger partial charge is 0.490 e. The second-order valence-corrected chi connectivity index (χ2v) is 19.5. The summed E-state index contributed by atoms with van der Waals surface area (Å²) in [7, 11) is 0. The van der Waals surface area contributed by atoms with E-state index in [-0.39, 0.29) is 18.1 Å². The van der Waals surface area contributed by atoms with Crippen LogP contribution in [-0.4, -0.2) is 24.4 Å². The molecule has 0 N–H and O–H groups in total. The topological polar surface area (TPSA) is 36.9 Å². The smallest absolute Gasteiger partial charge is 0.123 e.